The summed E-state index contributed by atoms with van der Waals surface area (Å²) in [6.07, 6.45) is 1.55. The number of fused-ring (bicyclic) bond motifs is 1. The molecule has 0 saturated heterocycles. The van der Waals surface area contributed by atoms with Gasteiger partial charge in [0.25, 0.3) is 0 Å². The van der Waals surface area contributed by atoms with Gasteiger partial charge in [-0.05, 0) is 30.3 Å². The summed E-state index contributed by atoms with van der Waals surface area (Å²) in [4.78, 5) is 8.64. The van der Waals surface area contributed by atoms with E-state index in [4.69, 9.17) is 14.2 Å². The molecule has 0 fully saturated rings. The Kier molecular flexibility index (Phi) is 5.23. The molecule has 0 unspecified atom stereocenters. The van der Waals surface area contributed by atoms with Crippen molar-refractivity contribution in [2.24, 2.45) is 0 Å². The molecule has 6 nitrogen and oxygen atoms in total. The summed E-state index contributed by atoms with van der Waals surface area (Å²) in [5.74, 6) is 2.58. The van der Waals surface area contributed by atoms with E-state index in [2.05, 4.69) is 31.2 Å². The second-order valence-corrected chi connectivity index (χ2v) is 6.15. The highest BCUT2D eigenvalue weighted by atomic mass is 79.9. The maximum atomic E-state index is 5.52. The fourth-order valence-electron chi connectivity index (χ4n) is 2.65. The summed E-state index contributed by atoms with van der Waals surface area (Å²) in [7, 11) is 4.80. The fourth-order valence-corrected chi connectivity index (χ4v) is 3.01. The number of rotatable bonds is 6. The Hall–Kier alpha value is -2.54. The van der Waals surface area contributed by atoms with Gasteiger partial charge in [0.05, 0.1) is 26.8 Å². The minimum Gasteiger partial charge on any atom is -0.493 e. The molecule has 0 amide bonds. The fraction of sp³-hybridized carbons (Fsp3) is 0.222. The molecular weight excluding hydrogens is 386 g/mol. The smallest absolute Gasteiger partial charge is 0.203 e. The van der Waals surface area contributed by atoms with E-state index in [-0.39, 0.29) is 0 Å². The summed E-state index contributed by atoms with van der Waals surface area (Å²) >= 11 is 3.49. The molecule has 25 heavy (non-hydrogen) atoms. The van der Waals surface area contributed by atoms with Crippen LogP contribution in [0.4, 0.5) is 5.82 Å². The molecule has 0 aliphatic rings. The van der Waals surface area contributed by atoms with Crippen LogP contribution >= 0.6 is 15.9 Å². The van der Waals surface area contributed by atoms with Crippen LogP contribution in [-0.4, -0.2) is 31.3 Å². The summed E-state index contributed by atoms with van der Waals surface area (Å²) in [5, 5.41) is 4.29. The van der Waals surface area contributed by atoms with Crippen molar-refractivity contribution in [3.63, 3.8) is 0 Å². The number of aromatic nitrogens is 2. The first-order valence-electron chi connectivity index (χ1n) is 7.60. The van der Waals surface area contributed by atoms with Crippen LogP contribution in [0.25, 0.3) is 10.9 Å². The molecule has 0 saturated carbocycles. The van der Waals surface area contributed by atoms with Crippen molar-refractivity contribution in [3.8, 4) is 17.2 Å². The second kappa shape index (κ2) is 7.57. The summed E-state index contributed by atoms with van der Waals surface area (Å²) < 4.78 is 17.2. The molecule has 130 valence electrons. The van der Waals surface area contributed by atoms with Gasteiger partial charge in [-0.3, -0.25) is 0 Å². The van der Waals surface area contributed by atoms with E-state index in [1.165, 1.54) is 0 Å². The standard InChI is InChI=1S/C18H18BrN3O3/c1-23-15-7-4-11(16(24-2)17(15)25-3)9-20-18-13-8-12(19)5-6-14(13)21-10-22-18/h4-8,10H,9H2,1-3H3,(H,20,21,22). The molecule has 0 aliphatic carbocycles. The van der Waals surface area contributed by atoms with Gasteiger partial charge in [-0.1, -0.05) is 15.9 Å². The largest absolute Gasteiger partial charge is 0.493 e. The third-order valence-corrected chi connectivity index (χ3v) is 4.32. The van der Waals surface area contributed by atoms with Crippen LogP contribution in [0.3, 0.4) is 0 Å². The molecule has 0 radical (unpaired) electrons. The van der Waals surface area contributed by atoms with Gasteiger partial charge in [0, 0.05) is 22.0 Å². The second-order valence-electron chi connectivity index (χ2n) is 5.23. The molecule has 0 aliphatic heterocycles. The summed E-state index contributed by atoms with van der Waals surface area (Å²) in [5.41, 5.74) is 1.81. The zero-order valence-corrected chi connectivity index (χ0v) is 15.8. The first-order chi connectivity index (χ1) is 12.2. The van der Waals surface area contributed by atoms with Crippen LogP contribution < -0.4 is 19.5 Å². The number of benzene rings is 2. The van der Waals surface area contributed by atoms with E-state index in [1.54, 1.807) is 27.7 Å². The lowest BCUT2D eigenvalue weighted by Gasteiger charge is -2.16. The summed E-state index contributed by atoms with van der Waals surface area (Å²) in [6.45, 7) is 0.516. The Bertz CT molecular complexity index is 902. The van der Waals surface area contributed by atoms with Crippen molar-refractivity contribution >= 4 is 32.7 Å². The van der Waals surface area contributed by atoms with Crippen molar-refractivity contribution in [2.45, 2.75) is 6.54 Å². The molecule has 0 spiro atoms. The molecule has 0 bridgehead atoms. The van der Waals surface area contributed by atoms with Gasteiger partial charge < -0.3 is 19.5 Å². The Morgan fingerprint density at radius 3 is 2.48 bits per heavy atom. The van der Waals surface area contributed by atoms with Gasteiger partial charge in [-0.15, -0.1) is 0 Å². The molecule has 1 aromatic heterocycles. The lowest BCUT2D eigenvalue weighted by molar-refractivity contribution is 0.322. The van der Waals surface area contributed by atoms with Gasteiger partial charge in [-0.2, -0.15) is 0 Å². The van der Waals surface area contributed by atoms with Crippen LogP contribution in [0, 0.1) is 0 Å². The quantitative estimate of drug-likeness (QED) is 0.669. The van der Waals surface area contributed by atoms with E-state index in [0.717, 1.165) is 26.8 Å². The maximum Gasteiger partial charge on any atom is 0.203 e. The van der Waals surface area contributed by atoms with Gasteiger partial charge in [0.2, 0.25) is 5.75 Å². The van der Waals surface area contributed by atoms with Gasteiger partial charge in [0.15, 0.2) is 11.5 Å². The van der Waals surface area contributed by atoms with Gasteiger partial charge >= 0.3 is 0 Å². The van der Waals surface area contributed by atoms with E-state index in [0.29, 0.717) is 23.8 Å². The Morgan fingerprint density at radius 1 is 0.960 bits per heavy atom. The average molecular weight is 404 g/mol. The van der Waals surface area contributed by atoms with Crippen molar-refractivity contribution in [1.29, 1.82) is 0 Å². The maximum absolute atomic E-state index is 5.52. The van der Waals surface area contributed by atoms with Crippen LogP contribution in [0.5, 0.6) is 17.2 Å². The number of halogens is 1. The molecule has 1 heterocycles. The van der Waals surface area contributed by atoms with Gasteiger partial charge in [-0.25, -0.2) is 9.97 Å². The average Bonchev–Trinajstić information content (AvgIpc) is 2.65. The molecule has 2 aromatic carbocycles. The third kappa shape index (κ3) is 3.46. The SMILES string of the molecule is COc1ccc(CNc2ncnc3ccc(Br)cc23)c(OC)c1OC. The van der Waals surface area contributed by atoms with Crippen LogP contribution in [0.15, 0.2) is 41.1 Å². The predicted octanol–water partition coefficient (Wildman–Crippen LogP) is 4.03. The number of methoxy groups -OCH3 is 3. The number of ether oxygens (including phenoxy) is 3. The molecule has 3 aromatic rings. The van der Waals surface area contributed by atoms with E-state index >= 15 is 0 Å². The highest BCUT2D eigenvalue weighted by Gasteiger charge is 2.16. The number of hydrogen-bond donors (Lipinski definition) is 1. The zero-order valence-electron chi connectivity index (χ0n) is 14.2. The van der Waals surface area contributed by atoms with Crippen LogP contribution in [-0.2, 0) is 6.54 Å². The third-order valence-electron chi connectivity index (χ3n) is 3.83. The highest BCUT2D eigenvalue weighted by molar-refractivity contribution is 9.10. The zero-order chi connectivity index (χ0) is 17.8. The van der Waals surface area contributed by atoms with E-state index < -0.39 is 0 Å². The molecule has 3 rings (SSSR count). The van der Waals surface area contributed by atoms with E-state index in [9.17, 15) is 0 Å². The first-order valence-corrected chi connectivity index (χ1v) is 8.39. The first kappa shape index (κ1) is 17.3. The Morgan fingerprint density at radius 2 is 1.76 bits per heavy atom. The number of nitrogens with one attached hydrogen (secondary N) is 1. The lowest BCUT2D eigenvalue weighted by atomic mass is 10.1. The van der Waals surface area contributed by atoms with Crippen LogP contribution in [0.1, 0.15) is 5.56 Å². The van der Waals surface area contributed by atoms with E-state index in [1.807, 2.05) is 30.3 Å². The minimum atomic E-state index is 0.516. The minimum absolute atomic E-state index is 0.516. The number of anilines is 1. The Balaban J connectivity index is 1.93. The molecule has 7 heteroatoms. The number of nitrogens with zero attached hydrogens (tertiary/aromatic N) is 2. The molecule has 1 N–H and O–H groups in total. The van der Waals surface area contributed by atoms with Crippen molar-refractivity contribution in [3.05, 3.63) is 46.7 Å². The van der Waals surface area contributed by atoms with Crippen LogP contribution in [0.2, 0.25) is 0 Å². The molecule has 0 atom stereocenters. The topological polar surface area (TPSA) is 65.5 Å². The highest BCUT2D eigenvalue weighted by Crippen LogP contribution is 2.40. The van der Waals surface area contributed by atoms with Crippen molar-refractivity contribution in [1.82, 2.24) is 9.97 Å². The van der Waals surface area contributed by atoms with Crippen molar-refractivity contribution < 1.29 is 14.2 Å². The predicted molar refractivity (Wildman–Crippen MR) is 101 cm³/mol. The van der Waals surface area contributed by atoms with Gasteiger partial charge in [0.1, 0.15) is 12.1 Å². The monoisotopic (exact) mass is 403 g/mol. The Labute approximate surface area is 154 Å². The normalized spacial score (nSPS) is 10.6. The van der Waals surface area contributed by atoms with Crippen molar-refractivity contribution in [2.75, 3.05) is 26.6 Å². The number of hydrogen-bond acceptors (Lipinski definition) is 6. The lowest BCUT2D eigenvalue weighted by Crippen LogP contribution is -2.06. The summed E-state index contributed by atoms with van der Waals surface area (Å²) in [6, 6.07) is 9.68. The molecular formula is C18H18BrN3O3.